The van der Waals surface area contributed by atoms with Gasteiger partial charge in [0, 0.05) is 28.7 Å². The molecule has 1 heterocycles. The average Bonchev–Trinajstić information content (AvgIpc) is 2.20. The second-order valence-electron chi connectivity index (χ2n) is 3.11. The number of aryl methyl sites for hydroxylation is 1. The van der Waals surface area contributed by atoms with Crippen molar-refractivity contribution >= 4 is 5.69 Å². The number of nitrogens with two attached hydrogens (primary N) is 1. The maximum absolute atomic E-state index is 5.87. The van der Waals surface area contributed by atoms with Gasteiger partial charge in [0.15, 0.2) is 0 Å². The molecule has 0 spiro atoms. The van der Waals surface area contributed by atoms with Crippen LogP contribution in [0.15, 0.2) is 36.8 Å². The van der Waals surface area contributed by atoms with Gasteiger partial charge in [-0.2, -0.15) is 0 Å². The standard InChI is InChI=1S/C11H11N3/c1-8-10(6-13-7-14-8)9-4-2-3-5-11(9)12/h2-7H,12H2,1H3. The van der Waals surface area contributed by atoms with Crippen LogP contribution in [0.2, 0.25) is 0 Å². The van der Waals surface area contributed by atoms with Gasteiger partial charge in [-0.3, -0.25) is 0 Å². The highest BCUT2D eigenvalue weighted by molar-refractivity contribution is 5.76. The molecule has 0 bridgehead atoms. The Morgan fingerprint density at radius 2 is 1.93 bits per heavy atom. The molecule has 0 aliphatic carbocycles. The summed E-state index contributed by atoms with van der Waals surface area (Å²) in [6.45, 7) is 1.95. The zero-order chi connectivity index (χ0) is 9.97. The van der Waals surface area contributed by atoms with E-state index in [0.29, 0.717) is 0 Å². The number of hydrogen-bond acceptors (Lipinski definition) is 3. The molecule has 3 heteroatoms. The minimum atomic E-state index is 0.755. The molecule has 0 saturated carbocycles. The van der Waals surface area contributed by atoms with E-state index in [4.69, 9.17) is 5.73 Å². The van der Waals surface area contributed by atoms with Crippen LogP contribution >= 0.6 is 0 Å². The molecular weight excluding hydrogens is 174 g/mol. The van der Waals surface area contributed by atoms with Gasteiger partial charge in [-0.25, -0.2) is 9.97 Å². The van der Waals surface area contributed by atoms with Gasteiger partial charge in [-0.05, 0) is 13.0 Å². The molecule has 0 unspecified atom stereocenters. The van der Waals surface area contributed by atoms with Crippen LogP contribution in [0, 0.1) is 6.92 Å². The Hall–Kier alpha value is -1.90. The molecule has 0 fully saturated rings. The van der Waals surface area contributed by atoms with E-state index >= 15 is 0 Å². The average molecular weight is 185 g/mol. The fourth-order valence-corrected chi connectivity index (χ4v) is 1.40. The van der Waals surface area contributed by atoms with E-state index in [0.717, 1.165) is 22.5 Å². The van der Waals surface area contributed by atoms with Crippen LogP contribution in [0.1, 0.15) is 5.69 Å². The van der Waals surface area contributed by atoms with Gasteiger partial charge in [0.25, 0.3) is 0 Å². The highest BCUT2D eigenvalue weighted by Gasteiger charge is 2.04. The number of nitrogens with zero attached hydrogens (tertiary/aromatic N) is 2. The van der Waals surface area contributed by atoms with Gasteiger partial charge in [0.2, 0.25) is 0 Å². The second kappa shape index (κ2) is 3.46. The molecule has 0 radical (unpaired) electrons. The number of hydrogen-bond donors (Lipinski definition) is 1. The lowest BCUT2D eigenvalue weighted by Crippen LogP contribution is -1.93. The van der Waals surface area contributed by atoms with Crippen molar-refractivity contribution in [1.82, 2.24) is 9.97 Å². The van der Waals surface area contributed by atoms with Gasteiger partial charge in [0.1, 0.15) is 6.33 Å². The van der Waals surface area contributed by atoms with Crippen molar-refractivity contribution in [3.63, 3.8) is 0 Å². The topological polar surface area (TPSA) is 51.8 Å². The number of nitrogen functional groups attached to an aromatic ring is 1. The van der Waals surface area contributed by atoms with Crippen LogP contribution < -0.4 is 5.73 Å². The first-order chi connectivity index (χ1) is 6.79. The highest BCUT2D eigenvalue weighted by Crippen LogP contribution is 2.26. The molecule has 0 atom stereocenters. The van der Waals surface area contributed by atoms with E-state index in [9.17, 15) is 0 Å². The van der Waals surface area contributed by atoms with E-state index in [-0.39, 0.29) is 0 Å². The van der Waals surface area contributed by atoms with Crippen molar-refractivity contribution in [2.45, 2.75) is 6.92 Å². The van der Waals surface area contributed by atoms with Crippen molar-refractivity contribution in [2.24, 2.45) is 0 Å². The fourth-order valence-electron chi connectivity index (χ4n) is 1.40. The molecule has 3 nitrogen and oxygen atoms in total. The summed E-state index contributed by atoms with van der Waals surface area (Å²) < 4.78 is 0. The maximum Gasteiger partial charge on any atom is 0.115 e. The molecule has 2 N–H and O–H groups in total. The Morgan fingerprint density at radius 3 is 2.64 bits per heavy atom. The Labute approximate surface area is 82.6 Å². The van der Waals surface area contributed by atoms with E-state index in [2.05, 4.69) is 9.97 Å². The van der Waals surface area contributed by atoms with Crippen molar-refractivity contribution in [1.29, 1.82) is 0 Å². The lowest BCUT2D eigenvalue weighted by atomic mass is 10.0. The predicted molar refractivity (Wildman–Crippen MR) is 56.6 cm³/mol. The summed E-state index contributed by atoms with van der Waals surface area (Å²) >= 11 is 0. The Kier molecular flexibility index (Phi) is 2.14. The summed E-state index contributed by atoms with van der Waals surface area (Å²) in [5.74, 6) is 0. The number of para-hydroxylation sites is 1. The van der Waals surface area contributed by atoms with Gasteiger partial charge < -0.3 is 5.73 Å². The summed E-state index contributed by atoms with van der Waals surface area (Å²) in [7, 11) is 0. The van der Waals surface area contributed by atoms with Crippen molar-refractivity contribution in [3.8, 4) is 11.1 Å². The molecule has 0 saturated heterocycles. The van der Waals surface area contributed by atoms with Crippen LogP contribution in [0.5, 0.6) is 0 Å². The van der Waals surface area contributed by atoms with Gasteiger partial charge in [-0.1, -0.05) is 18.2 Å². The van der Waals surface area contributed by atoms with Crippen molar-refractivity contribution in [3.05, 3.63) is 42.5 Å². The van der Waals surface area contributed by atoms with Crippen LogP contribution in [0.25, 0.3) is 11.1 Å². The van der Waals surface area contributed by atoms with Gasteiger partial charge >= 0.3 is 0 Å². The lowest BCUT2D eigenvalue weighted by Gasteiger charge is -2.06. The van der Waals surface area contributed by atoms with Gasteiger partial charge in [0.05, 0.1) is 0 Å². The molecule has 70 valence electrons. The molecule has 1 aromatic heterocycles. The molecule has 2 rings (SSSR count). The molecule has 14 heavy (non-hydrogen) atoms. The first-order valence-corrected chi connectivity index (χ1v) is 4.40. The Morgan fingerprint density at radius 1 is 1.14 bits per heavy atom. The smallest absolute Gasteiger partial charge is 0.115 e. The summed E-state index contributed by atoms with van der Waals surface area (Å²) in [5, 5.41) is 0. The maximum atomic E-state index is 5.87. The highest BCUT2D eigenvalue weighted by atomic mass is 14.8. The number of aromatic nitrogens is 2. The normalized spacial score (nSPS) is 10.1. The van der Waals surface area contributed by atoms with Crippen LogP contribution in [-0.2, 0) is 0 Å². The number of benzene rings is 1. The third-order valence-electron chi connectivity index (χ3n) is 2.16. The minimum absolute atomic E-state index is 0.755. The van der Waals surface area contributed by atoms with E-state index in [1.807, 2.05) is 31.2 Å². The van der Waals surface area contributed by atoms with Crippen molar-refractivity contribution < 1.29 is 0 Å². The first-order valence-electron chi connectivity index (χ1n) is 4.40. The predicted octanol–water partition coefficient (Wildman–Crippen LogP) is 2.03. The van der Waals surface area contributed by atoms with Crippen LogP contribution in [0.3, 0.4) is 0 Å². The van der Waals surface area contributed by atoms with Crippen molar-refractivity contribution in [2.75, 3.05) is 5.73 Å². The van der Waals surface area contributed by atoms with Crippen LogP contribution in [-0.4, -0.2) is 9.97 Å². The number of rotatable bonds is 1. The SMILES string of the molecule is Cc1ncncc1-c1ccccc1N. The lowest BCUT2D eigenvalue weighted by molar-refractivity contribution is 1.11. The van der Waals surface area contributed by atoms with E-state index in [1.54, 1.807) is 6.20 Å². The quantitative estimate of drug-likeness (QED) is 0.691. The summed E-state index contributed by atoms with van der Waals surface area (Å²) in [5.41, 5.74) is 9.55. The fraction of sp³-hybridized carbons (Fsp3) is 0.0909. The minimum Gasteiger partial charge on any atom is -0.398 e. The summed E-state index contributed by atoms with van der Waals surface area (Å²) in [4.78, 5) is 8.13. The molecule has 0 aliphatic rings. The van der Waals surface area contributed by atoms with Gasteiger partial charge in [-0.15, -0.1) is 0 Å². The third kappa shape index (κ3) is 1.44. The number of anilines is 1. The Balaban J connectivity index is 2.61. The largest absolute Gasteiger partial charge is 0.398 e. The summed E-state index contributed by atoms with van der Waals surface area (Å²) in [6.07, 6.45) is 3.33. The molecule has 0 aliphatic heterocycles. The monoisotopic (exact) mass is 185 g/mol. The Bertz CT molecular complexity index is 408. The molecule has 1 aromatic carbocycles. The second-order valence-corrected chi connectivity index (χ2v) is 3.11. The van der Waals surface area contributed by atoms with E-state index in [1.165, 1.54) is 6.33 Å². The van der Waals surface area contributed by atoms with E-state index < -0.39 is 0 Å². The molecular formula is C11H11N3. The molecule has 2 aromatic rings. The van der Waals surface area contributed by atoms with Crippen LogP contribution in [0.4, 0.5) is 5.69 Å². The zero-order valence-electron chi connectivity index (χ0n) is 7.94. The molecule has 0 amide bonds. The summed E-state index contributed by atoms with van der Waals surface area (Å²) in [6, 6.07) is 7.72. The first kappa shape index (κ1) is 8.69. The third-order valence-corrected chi connectivity index (χ3v) is 2.16. The zero-order valence-corrected chi connectivity index (χ0v) is 7.94.